The summed E-state index contributed by atoms with van der Waals surface area (Å²) in [6.45, 7) is 0. The normalized spacial score (nSPS) is 13.1. The van der Waals surface area contributed by atoms with Gasteiger partial charge in [-0.05, 0) is 24.3 Å². The Morgan fingerprint density at radius 2 is 1.73 bits per heavy atom. The van der Waals surface area contributed by atoms with Crippen LogP contribution in [-0.2, 0) is 10.0 Å². The van der Waals surface area contributed by atoms with Gasteiger partial charge in [0.2, 0.25) is 0 Å². The van der Waals surface area contributed by atoms with Crippen LogP contribution >= 0.6 is 11.6 Å². The van der Waals surface area contributed by atoms with E-state index in [1.807, 2.05) is 4.72 Å². The third kappa shape index (κ3) is 4.55. The van der Waals surface area contributed by atoms with E-state index in [1.165, 1.54) is 12.1 Å². The zero-order valence-corrected chi connectivity index (χ0v) is 14.2. The van der Waals surface area contributed by atoms with E-state index in [2.05, 4.69) is 4.74 Å². The number of nitro benzene ring substituents is 1. The van der Waals surface area contributed by atoms with Crippen molar-refractivity contribution in [2.45, 2.75) is 16.6 Å². The van der Waals surface area contributed by atoms with Gasteiger partial charge in [-0.25, -0.2) is 12.8 Å². The van der Waals surface area contributed by atoms with Crippen molar-refractivity contribution in [3.05, 3.63) is 58.6 Å². The largest absolute Gasteiger partial charge is 0.444 e. The number of hydrogen-bond acceptors (Lipinski definition) is 5. The Morgan fingerprint density at radius 1 is 1.15 bits per heavy atom. The zero-order valence-electron chi connectivity index (χ0n) is 12.6. The summed E-state index contributed by atoms with van der Waals surface area (Å²) in [5.74, 6) is -0.661. The molecule has 1 atom stereocenters. The fourth-order valence-electron chi connectivity index (χ4n) is 1.78. The first-order chi connectivity index (χ1) is 12.0. The number of non-ortho nitro benzene ring substituents is 1. The molecule has 0 aliphatic carbocycles. The van der Waals surface area contributed by atoms with E-state index in [0.717, 1.165) is 36.4 Å². The molecule has 2 aromatic rings. The van der Waals surface area contributed by atoms with Crippen molar-refractivity contribution < 1.29 is 31.2 Å². The second-order valence-corrected chi connectivity index (χ2v) is 6.88. The highest BCUT2D eigenvalue weighted by Crippen LogP contribution is 2.34. The van der Waals surface area contributed by atoms with E-state index in [0.29, 0.717) is 0 Å². The molecule has 1 N–H and O–H groups in total. The van der Waals surface area contributed by atoms with Crippen LogP contribution in [-0.4, -0.2) is 25.1 Å². The Kier molecular flexibility index (Phi) is 5.62. The second kappa shape index (κ2) is 7.38. The third-order valence-electron chi connectivity index (χ3n) is 2.99. The van der Waals surface area contributed by atoms with Crippen molar-refractivity contribution in [1.29, 1.82) is 0 Å². The van der Waals surface area contributed by atoms with E-state index < -0.39 is 38.1 Å². The van der Waals surface area contributed by atoms with E-state index >= 15 is 0 Å². The van der Waals surface area contributed by atoms with Gasteiger partial charge in [0, 0.05) is 12.1 Å². The van der Waals surface area contributed by atoms with Crippen molar-refractivity contribution in [2.24, 2.45) is 0 Å². The molecule has 7 nitrogen and oxygen atoms in total. The van der Waals surface area contributed by atoms with E-state index in [9.17, 15) is 31.7 Å². The number of rotatable bonds is 7. The number of nitrogens with zero attached hydrogens (tertiary/aromatic N) is 1. The molecule has 0 aromatic heterocycles. The Balaban J connectivity index is 2.31. The summed E-state index contributed by atoms with van der Waals surface area (Å²) in [5.41, 5.74) is -3.88. The van der Waals surface area contributed by atoms with Crippen LogP contribution in [0.4, 0.5) is 24.5 Å². The average molecular weight is 411 g/mol. The van der Waals surface area contributed by atoms with Crippen molar-refractivity contribution in [3.63, 3.8) is 0 Å². The minimum atomic E-state index is -4.39. The summed E-state index contributed by atoms with van der Waals surface area (Å²) < 4.78 is 70.1. The molecule has 0 saturated heterocycles. The lowest BCUT2D eigenvalue weighted by Gasteiger charge is -2.20. The Morgan fingerprint density at radius 3 is 2.27 bits per heavy atom. The Hall–Kier alpha value is -2.53. The van der Waals surface area contributed by atoms with Crippen LogP contribution in [0.1, 0.15) is 0 Å². The SMILES string of the molecule is O=[N+]([O-])c1ccc(S(=O)(=O)Nc2ccccc2OC(F)(F)C(F)Cl)cc1. The maximum absolute atomic E-state index is 13.3. The number of anilines is 1. The molecule has 1 unspecified atom stereocenters. The number of para-hydroxylation sites is 2. The van der Waals surface area contributed by atoms with Crippen LogP contribution in [0, 0.1) is 10.1 Å². The number of alkyl halides is 4. The van der Waals surface area contributed by atoms with Gasteiger partial charge < -0.3 is 4.74 Å². The van der Waals surface area contributed by atoms with Gasteiger partial charge >= 0.3 is 6.11 Å². The van der Waals surface area contributed by atoms with Crippen LogP contribution in [0.5, 0.6) is 5.75 Å². The molecule has 0 amide bonds. The number of benzene rings is 2. The van der Waals surface area contributed by atoms with Gasteiger partial charge in [0.1, 0.15) is 0 Å². The van der Waals surface area contributed by atoms with Crippen molar-refractivity contribution in [3.8, 4) is 5.75 Å². The molecular weight excluding hydrogens is 401 g/mol. The first kappa shape index (κ1) is 19.8. The first-order valence-corrected chi connectivity index (χ1v) is 8.66. The Bertz CT molecular complexity index is 907. The maximum Gasteiger partial charge on any atom is 0.444 e. The summed E-state index contributed by atoms with van der Waals surface area (Å²) in [6, 6.07) is 8.54. The molecule has 140 valence electrons. The number of sulfonamides is 1. The van der Waals surface area contributed by atoms with Gasteiger partial charge in [-0.3, -0.25) is 14.8 Å². The molecule has 0 bridgehead atoms. The smallest absolute Gasteiger partial charge is 0.427 e. The molecule has 2 rings (SSSR count). The van der Waals surface area contributed by atoms with E-state index in [1.54, 1.807) is 0 Å². The highest BCUT2D eigenvalue weighted by molar-refractivity contribution is 7.92. The minimum Gasteiger partial charge on any atom is -0.427 e. The number of halogens is 4. The summed E-state index contributed by atoms with van der Waals surface area (Å²) in [5, 5.41) is 10.6. The fourth-order valence-corrected chi connectivity index (χ4v) is 2.90. The van der Waals surface area contributed by atoms with Gasteiger partial charge in [0.25, 0.3) is 21.3 Å². The van der Waals surface area contributed by atoms with Crippen molar-refractivity contribution in [1.82, 2.24) is 0 Å². The lowest BCUT2D eigenvalue weighted by atomic mass is 10.3. The van der Waals surface area contributed by atoms with Crippen LogP contribution in [0.3, 0.4) is 0 Å². The van der Waals surface area contributed by atoms with Gasteiger partial charge in [0.15, 0.2) is 5.75 Å². The molecule has 0 heterocycles. The standard InChI is InChI=1S/C14H10ClF3N2O5S/c15-13(16)14(17,18)25-12-4-2-1-3-11(12)19-26(23,24)10-7-5-9(6-8-10)20(21)22/h1-8,13,19H. The molecule has 0 saturated carbocycles. The molecule has 12 heteroatoms. The predicted octanol–water partition coefficient (Wildman–Crippen LogP) is 3.90. The van der Waals surface area contributed by atoms with Gasteiger partial charge in [0.05, 0.1) is 15.5 Å². The molecular formula is C14H10ClF3N2O5S. The van der Waals surface area contributed by atoms with E-state index in [-0.39, 0.29) is 10.6 Å². The third-order valence-corrected chi connectivity index (χ3v) is 4.62. The van der Waals surface area contributed by atoms with Crippen LogP contribution < -0.4 is 9.46 Å². The summed E-state index contributed by atoms with van der Waals surface area (Å²) in [6.07, 6.45) is -4.39. The van der Waals surface area contributed by atoms with Crippen LogP contribution in [0.2, 0.25) is 0 Å². The highest BCUT2D eigenvalue weighted by atomic mass is 35.5. The molecule has 0 spiro atoms. The van der Waals surface area contributed by atoms with Gasteiger partial charge in [-0.15, -0.1) is 0 Å². The van der Waals surface area contributed by atoms with Gasteiger partial charge in [-0.2, -0.15) is 8.78 Å². The van der Waals surface area contributed by atoms with Crippen LogP contribution in [0.15, 0.2) is 53.4 Å². The number of hydrogen-bond donors (Lipinski definition) is 1. The fraction of sp³-hybridized carbons (Fsp3) is 0.143. The molecule has 0 aliphatic heterocycles. The molecule has 26 heavy (non-hydrogen) atoms. The van der Waals surface area contributed by atoms with Crippen molar-refractivity contribution >= 4 is 33.0 Å². The second-order valence-electron chi connectivity index (χ2n) is 4.82. The maximum atomic E-state index is 13.3. The minimum absolute atomic E-state index is 0.330. The topological polar surface area (TPSA) is 98.5 Å². The predicted molar refractivity (Wildman–Crippen MR) is 86.7 cm³/mol. The van der Waals surface area contributed by atoms with Crippen LogP contribution in [0.25, 0.3) is 0 Å². The quantitative estimate of drug-likeness (QED) is 0.424. The summed E-state index contributed by atoms with van der Waals surface area (Å²) in [7, 11) is -4.28. The zero-order chi connectivity index (χ0) is 19.5. The Labute approximate surface area is 150 Å². The monoisotopic (exact) mass is 410 g/mol. The summed E-state index contributed by atoms with van der Waals surface area (Å²) >= 11 is 4.71. The lowest BCUT2D eigenvalue weighted by Crippen LogP contribution is -2.33. The molecule has 0 aliphatic rings. The number of nitro groups is 1. The molecule has 2 aromatic carbocycles. The lowest BCUT2D eigenvalue weighted by molar-refractivity contribution is -0.384. The van der Waals surface area contributed by atoms with Gasteiger partial charge in [-0.1, -0.05) is 23.7 Å². The molecule has 0 fully saturated rings. The highest BCUT2D eigenvalue weighted by Gasteiger charge is 2.42. The summed E-state index contributed by atoms with van der Waals surface area (Å²) in [4.78, 5) is 9.53. The first-order valence-electron chi connectivity index (χ1n) is 6.74. The number of nitrogens with one attached hydrogen (secondary N) is 1. The number of ether oxygens (including phenoxy) is 1. The van der Waals surface area contributed by atoms with Crippen molar-refractivity contribution in [2.75, 3.05) is 4.72 Å². The average Bonchev–Trinajstić information content (AvgIpc) is 2.56. The molecule has 0 radical (unpaired) electrons. The van der Waals surface area contributed by atoms with E-state index in [4.69, 9.17) is 11.6 Å².